The van der Waals surface area contributed by atoms with E-state index in [-0.39, 0.29) is 11.9 Å². The molecule has 0 bridgehead atoms. The predicted molar refractivity (Wildman–Crippen MR) is 94.1 cm³/mol. The SMILES string of the molecule is COc1ccc([C@H]2N(c3ccc(OC)cc3)C(=O)[C@@]23CCCO3)cc1. The summed E-state index contributed by atoms with van der Waals surface area (Å²) in [6.45, 7) is 0.634. The van der Waals surface area contributed by atoms with E-state index in [1.165, 1.54) is 0 Å². The van der Waals surface area contributed by atoms with Gasteiger partial charge in [0, 0.05) is 12.3 Å². The quantitative estimate of drug-likeness (QED) is 0.802. The molecule has 2 aliphatic heterocycles. The monoisotopic (exact) mass is 339 g/mol. The number of hydrogen-bond donors (Lipinski definition) is 0. The lowest BCUT2D eigenvalue weighted by atomic mass is 9.75. The number of β-lactam (4-membered cyclic amide) rings is 1. The number of anilines is 1. The van der Waals surface area contributed by atoms with Gasteiger partial charge >= 0.3 is 0 Å². The number of nitrogens with zero attached hydrogens (tertiary/aromatic N) is 1. The molecular formula is C20H21NO4. The highest BCUT2D eigenvalue weighted by Crippen LogP contribution is 2.53. The molecule has 0 saturated carbocycles. The molecule has 0 aromatic heterocycles. The maximum absolute atomic E-state index is 13.0. The van der Waals surface area contributed by atoms with Crippen molar-refractivity contribution in [2.24, 2.45) is 0 Å². The van der Waals surface area contributed by atoms with Crippen molar-refractivity contribution in [1.29, 1.82) is 0 Å². The minimum absolute atomic E-state index is 0.0379. The first-order chi connectivity index (χ1) is 12.2. The van der Waals surface area contributed by atoms with E-state index in [2.05, 4.69) is 0 Å². The van der Waals surface area contributed by atoms with E-state index in [0.29, 0.717) is 6.61 Å². The normalized spacial score (nSPS) is 25.1. The Labute approximate surface area is 147 Å². The number of carbonyl (C=O) groups is 1. The van der Waals surface area contributed by atoms with Gasteiger partial charge in [-0.3, -0.25) is 9.69 Å². The second-order valence-corrected chi connectivity index (χ2v) is 6.39. The van der Waals surface area contributed by atoms with Crippen molar-refractivity contribution in [3.8, 4) is 11.5 Å². The third-order valence-corrected chi connectivity index (χ3v) is 5.11. The van der Waals surface area contributed by atoms with Crippen LogP contribution in [-0.4, -0.2) is 32.3 Å². The summed E-state index contributed by atoms with van der Waals surface area (Å²) < 4.78 is 16.4. The Morgan fingerprint density at radius 1 is 1.00 bits per heavy atom. The Balaban J connectivity index is 1.72. The van der Waals surface area contributed by atoms with Gasteiger partial charge in [-0.2, -0.15) is 0 Å². The molecule has 2 aliphatic rings. The molecule has 2 aromatic carbocycles. The van der Waals surface area contributed by atoms with Crippen molar-refractivity contribution in [3.05, 3.63) is 54.1 Å². The van der Waals surface area contributed by atoms with Gasteiger partial charge in [-0.15, -0.1) is 0 Å². The molecule has 5 nitrogen and oxygen atoms in total. The van der Waals surface area contributed by atoms with Crippen LogP contribution >= 0.6 is 0 Å². The van der Waals surface area contributed by atoms with E-state index < -0.39 is 5.60 Å². The maximum Gasteiger partial charge on any atom is 0.262 e. The van der Waals surface area contributed by atoms with Crippen LogP contribution in [0.2, 0.25) is 0 Å². The number of rotatable bonds is 4. The molecule has 2 saturated heterocycles. The average molecular weight is 339 g/mol. The molecular weight excluding hydrogens is 318 g/mol. The maximum atomic E-state index is 13.0. The Morgan fingerprint density at radius 3 is 2.12 bits per heavy atom. The molecule has 0 radical (unpaired) electrons. The molecule has 2 atom stereocenters. The molecule has 130 valence electrons. The smallest absolute Gasteiger partial charge is 0.262 e. The van der Waals surface area contributed by atoms with Crippen LogP contribution in [0.5, 0.6) is 11.5 Å². The molecule has 25 heavy (non-hydrogen) atoms. The summed E-state index contributed by atoms with van der Waals surface area (Å²) in [4.78, 5) is 14.8. The van der Waals surface area contributed by atoms with E-state index in [9.17, 15) is 4.79 Å². The highest BCUT2D eigenvalue weighted by atomic mass is 16.5. The molecule has 2 fully saturated rings. The van der Waals surface area contributed by atoms with Gasteiger partial charge in [-0.05, 0) is 54.8 Å². The Morgan fingerprint density at radius 2 is 1.60 bits per heavy atom. The van der Waals surface area contributed by atoms with Crippen LogP contribution in [0.25, 0.3) is 0 Å². The predicted octanol–water partition coefficient (Wildman–Crippen LogP) is 3.34. The van der Waals surface area contributed by atoms with Crippen LogP contribution in [0.3, 0.4) is 0 Å². The van der Waals surface area contributed by atoms with Gasteiger partial charge < -0.3 is 14.2 Å². The van der Waals surface area contributed by atoms with E-state index in [0.717, 1.165) is 35.6 Å². The van der Waals surface area contributed by atoms with Gasteiger partial charge in [0.25, 0.3) is 5.91 Å². The van der Waals surface area contributed by atoms with Crippen molar-refractivity contribution >= 4 is 11.6 Å². The fourth-order valence-electron chi connectivity index (χ4n) is 3.84. The zero-order valence-electron chi connectivity index (χ0n) is 14.4. The van der Waals surface area contributed by atoms with Crippen molar-refractivity contribution < 1.29 is 19.0 Å². The van der Waals surface area contributed by atoms with Crippen LogP contribution in [0, 0.1) is 0 Å². The van der Waals surface area contributed by atoms with E-state index in [4.69, 9.17) is 14.2 Å². The number of ether oxygens (including phenoxy) is 3. The lowest BCUT2D eigenvalue weighted by Crippen LogP contribution is -2.68. The first-order valence-electron chi connectivity index (χ1n) is 8.45. The Kier molecular flexibility index (Phi) is 3.88. The van der Waals surface area contributed by atoms with Crippen LogP contribution in [0.15, 0.2) is 48.5 Å². The average Bonchev–Trinajstić information content (AvgIpc) is 3.18. The van der Waals surface area contributed by atoms with Crippen molar-refractivity contribution in [3.63, 3.8) is 0 Å². The first-order valence-corrected chi connectivity index (χ1v) is 8.45. The summed E-state index contributed by atoms with van der Waals surface area (Å²) in [5, 5.41) is 0. The number of methoxy groups -OCH3 is 2. The molecule has 5 heteroatoms. The molecule has 2 aromatic rings. The van der Waals surface area contributed by atoms with Crippen molar-refractivity contribution in [2.45, 2.75) is 24.5 Å². The molecule has 4 rings (SSSR count). The van der Waals surface area contributed by atoms with Gasteiger partial charge in [0.05, 0.1) is 14.2 Å². The minimum atomic E-state index is -0.728. The second kappa shape index (κ2) is 6.08. The third-order valence-electron chi connectivity index (χ3n) is 5.11. The highest BCUT2D eigenvalue weighted by Gasteiger charge is 2.64. The molecule has 1 amide bonds. The molecule has 2 heterocycles. The minimum Gasteiger partial charge on any atom is -0.497 e. The second-order valence-electron chi connectivity index (χ2n) is 6.39. The summed E-state index contributed by atoms with van der Waals surface area (Å²) >= 11 is 0. The standard InChI is InChI=1S/C20H21NO4/c1-23-16-8-4-14(5-9-16)18-20(12-3-13-25-20)19(22)21(18)15-6-10-17(24-2)11-7-15/h4-11,18H,3,12-13H2,1-2H3/t18-,20-/m1/s1. The fourth-order valence-corrected chi connectivity index (χ4v) is 3.84. The number of amides is 1. The number of hydrogen-bond acceptors (Lipinski definition) is 4. The summed E-state index contributed by atoms with van der Waals surface area (Å²) in [5.74, 6) is 1.60. The van der Waals surface area contributed by atoms with Gasteiger partial charge in [0.1, 0.15) is 17.5 Å². The van der Waals surface area contributed by atoms with Crippen molar-refractivity contribution in [2.75, 3.05) is 25.7 Å². The molecule has 0 N–H and O–H groups in total. The van der Waals surface area contributed by atoms with Crippen molar-refractivity contribution in [1.82, 2.24) is 0 Å². The summed E-state index contributed by atoms with van der Waals surface area (Å²) in [7, 11) is 3.28. The van der Waals surface area contributed by atoms with E-state index >= 15 is 0 Å². The van der Waals surface area contributed by atoms with Crippen LogP contribution < -0.4 is 14.4 Å². The molecule has 0 unspecified atom stereocenters. The van der Waals surface area contributed by atoms with Crippen LogP contribution in [0.1, 0.15) is 24.4 Å². The first kappa shape index (κ1) is 16.0. The zero-order chi connectivity index (χ0) is 17.4. The van der Waals surface area contributed by atoms with E-state index in [1.807, 2.05) is 53.4 Å². The lowest BCUT2D eigenvalue weighted by molar-refractivity contribution is -0.156. The van der Waals surface area contributed by atoms with Gasteiger partial charge in [-0.1, -0.05) is 12.1 Å². The number of benzene rings is 2. The van der Waals surface area contributed by atoms with Gasteiger partial charge in [0.15, 0.2) is 5.60 Å². The fraction of sp³-hybridized carbons (Fsp3) is 0.350. The van der Waals surface area contributed by atoms with Crippen LogP contribution in [-0.2, 0) is 9.53 Å². The molecule has 0 aliphatic carbocycles. The largest absolute Gasteiger partial charge is 0.497 e. The summed E-state index contributed by atoms with van der Waals surface area (Å²) in [6, 6.07) is 15.3. The Hall–Kier alpha value is -2.53. The number of carbonyl (C=O) groups excluding carboxylic acids is 1. The molecule has 1 spiro atoms. The zero-order valence-corrected chi connectivity index (χ0v) is 14.4. The van der Waals surface area contributed by atoms with E-state index in [1.54, 1.807) is 14.2 Å². The van der Waals surface area contributed by atoms with Gasteiger partial charge in [-0.25, -0.2) is 0 Å². The Bertz CT molecular complexity index is 763. The summed E-state index contributed by atoms with van der Waals surface area (Å²) in [5.41, 5.74) is 1.18. The lowest BCUT2D eigenvalue weighted by Gasteiger charge is -2.53. The third kappa shape index (κ3) is 2.38. The highest BCUT2D eigenvalue weighted by molar-refractivity contribution is 6.08. The van der Waals surface area contributed by atoms with Gasteiger partial charge in [0.2, 0.25) is 0 Å². The van der Waals surface area contributed by atoms with Crippen LogP contribution in [0.4, 0.5) is 5.69 Å². The summed E-state index contributed by atoms with van der Waals surface area (Å²) in [6.07, 6.45) is 1.67. The topological polar surface area (TPSA) is 48.0 Å².